The maximum atomic E-state index is 13.3. The molecule has 1 aromatic carbocycles. The molecule has 0 aliphatic carbocycles. The van der Waals surface area contributed by atoms with Gasteiger partial charge >= 0.3 is 6.09 Å². The van der Waals surface area contributed by atoms with Gasteiger partial charge in [0.15, 0.2) is 5.78 Å². The first kappa shape index (κ1) is 28.0. The van der Waals surface area contributed by atoms with Gasteiger partial charge in [-0.2, -0.15) is 0 Å². The summed E-state index contributed by atoms with van der Waals surface area (Å²) in [5.41, 5.74) is 1.72. The smallest absolute Gasteiger partial charge is 0.408 e. The van der Waals surface area contributed by atoms with Crippen molar-refractivity contribution in [1.29, 1.82) is 0 Å². The van der Waals surface area contributed by atoms with Crippen LogP contribution in [-0.2, 0) is 33.1 Å². The molecule has 2 N–H and O–H groups in total. The number of nitrogens with zero attached hydrogens (tertiary/aromatic N) is 1. The van der Waals surface area contributed by atoms with Crippen LogP contribution >= 0.6 is 11.8 Å². The van der Waals surface area contributed by atoms with E-state index in [-0.39, 0.29) is 24.1 Å². The predicted molar refractivity (Wildman–Crippen MR) is 143 cm³/mol. The zero-order chi connectivity index (χ0) is 26.5. The Morgan fingerprint density at radius 1 is 0.946 bits per heavy atom. The number of hydrogen-bond donors (Lipinski definition) is 2. The minimum absolute atomic E-state index is 0.0619. The molecule has 0 bridgehead atoms. The average molecular weight is 524 g/mol. The second-order valence-electron chi connectivity index (χ2n) is 9.05. The summed E-state index contributed by atoms with van der Waals surface area (Å²) < 4.78 is 10.6. The lowest BCUT2D eigenvalue weighted by Crippen LogP contribution is -2.53. The van der Waals surface area contributed by atoms with E-state index >= 15 is 0 Å². The molecule has 2 amide bonds. The van der Waals surface area contributed by atoms with Gasteiger partial charge in [-0.3, -0.25) is 14.6 Å². The SMILES string of the molecule is CC(C)C[C@H](NC(=O)OCc1ccncc1)C(=O)N[C@@H](Cc1ccccc1)C(=O)CSCc1ccco1. The number of thioether (sulfide) groups is 1. The lowest BCUT2D eigenvalue weighted by molar-refractivity contribution is -0.128. The third-order valence-corrected chi connectivity index (χ3v) is 6.47. The number of rotatable bonds is 14. The lowest BCUT2D eigenvalue weighted by Gasteiger charge is -2.24. The number of ketones is 1. The topological polar surface area (TPSA) is 111 Å². The maximum absolute atomic E-state index is 13.3. The molecule has 3 aromatic rings. The van der Waals surface area contributed by atoms with Crippen LogP contribution in [0.4, 0.5) is 4.79 Å². The number of pyridine rings is 1. The van der Waals surface area contributed by atoms with Crippen LogP contribution in [0.3, 0.4) is 0 Å². The van der Waals surface area contributed by atoms with Gasteiger partial charge in [-0.15, -0.1) is 11.8 Å². The second kappa shape index (κ2) is 14.8. The summed E-state index contributed by atoms with van der Waals surface area (Å²) in [4.78, 5) is 42.9. The molecule has 2 atom stereocenters. The molecule has 0 unspecified atom stereocenters. The number of ether oxygens (including phenoxy) is 1. The van der Waals surface area contributed by atoms with Crippen molar-refractivity contribution < 1.29 is 23.5 Å². The number of Topliss-reactive ketones (excluding diaryl/α,β-unsaturated/α-hetero) is 1. The molecule has 0 radical (unpaired) electrons. The van der Waals surface area contributed by atoms with Crippen LogP contribution in [0.25, 0.3) is 0 Å². The highest BCUT2D eigenvalue weighted by Gasteiger charge is 2.28. The molecule has 0 saturated heterocycles. The molecule has 9 heteroatoms. The highest BCUT2D eigenvalue weighted by atomic mass is 32.2. The van der Waals surface area contributed by atoms with Crippen molar-refractivity contribution in [2.75, 3.05) is 5.75 Å². The Morgan fingerprint density at radius 3 is 2.38 bits per heavy atom. The summed E-state index contributed by atoms with van der Waals surface area (Å²) in [7, 11) is 0. The van der Waals surface area contributed by atoms with Crippen molar-refractivity contribution in [3.63, 3.8) is 0 Å². The number of nitrogens with one attached hydrogen (secondary N) is 2. The van der Waals surface area contributed by atoms with Crippen molar-refractivity contribution in [3.8, 4) is 0 Å². The van der Waals surface area contributed by atoms with Crippen LogP contribution in [0.15, 0.2) is 77.7 Å². The van der Waals surface area contributed by atoms with Crippen LogP contribution in [0, 0.1) is 5.92 Å². The summed E-state index contributed by atoms with van der Waals surface area (Å²) in [6, 6.07) is 15.1. The van der Waals surface area contributed by atoms with Crippen LogP contribution in [0.5, 0.6) is 0 Å². The number of alkyl carbamates (subject to hydrolysis) is 1. The van der Waals surface area contributed by atoms with E-state index < -0.39 is 24.1 Å². The molecule has 2 aromatic heterocycles. The average Bonchev–Trinajstić information content (AvgIpc) is 3.41. The minimum Gasteiger partial charge on any atom is -0.468 e. The van der Waals surface area contributed by atoms with Crippen molar-refractivity contribution in [1.82, 2.24) is 15.6 Å². The summed E-state index contributed by atoms with van der Waals surface area (Å²) in [6.45, 7) is 3.98. The van der Waals surface area contributed by atoms with Crippen molar-refractivity contribution in [2.24, 2.45) is 5.92 Å². The quantitative estimate of drug-likeness (QED) is 0.319. The minimum atomic E-state index is -0.841. The summed E-state index contributed by atoms with van der Waals surface area (Å²) in [5, 5.41) is 5.56. The number of hydrogen-bond acceptors (Lipinski definition) is 7. The Morgan fingerprint density at radius 2 is 1.70 bits per heavy atom. The van der Waals surface area contributed by atoms with E-state index in [1.165, 1.54) is 11.8 Å². The third-order valence-electron chi connectivity index (χ3n) is 5.49. The third kappa shape index (κ3) is 10.1. The molecule has 2 heterocycles. The van der Waals surface area contributed by atoms with Crippen molar-refractivity contribution >= 4 is 29.5 Å². The Labute approximate surface area is 221 Å². The zero-order valence-electron chi connectivity index (χ0n) is 21.1. The van der Waals surface area contributed by atoms with Crippen LogP contribution < -0.4 is 10.6 Å². The Bertz CT molecular complexity index is 1110. The predicted octanol–water partition coefficient (Wildman–Crippen LogP) is 4.55. The summed E-state index contributed by atoms with van der Waals surface area (Å²) in [5.74, 6) is 1.17. The highest BCUT2D eigenvalue weighted by molar-refractivity contribution is 7.99. The number of carbonyl (C=O) groups is 3. The lowest BCUT2D eigenvalue weighted by atomic mass is 10.00. The van der Waals surface area contributed by atoms with E-state index in [9.17, 15) is 14.4 Å². The van der Waals surface area contributed by atoms with Crippen molar-refractivity contribution in [2.45, 2.75) is 51.1 Å². The van der Waals surface area contributed by atoms with E-state index in [0.29, 0.717) is 18.6 Å². The van der Waals surface area contributed by atoms with E-state index in [4.69, 9.17) is 9.15 Å². The second-order valence-corrected chi connectivity index (χ2v) is 10.0. The molecule has 0 saturated carbocycles. The molecule has 0 aliphatic rings. The highest BCUT2D eigenvalue weighted by Crippen LogP contribution is 2.15. The summed E-state index contributed by atoms with van der Waals surface area (Å²) in [6.07, 6.45) is 4.88. The van der Waals surface area contributed by atoms with Gasteiger partial charge in [0.25, 0.3) is 0 Å². The summed E-state index contributed by atoms with van der Waals surface area (Å²) >= 11 is 1.43. The standard InChI is InChI=1S/C28H33N3O5S/c1-20(2)15-25(31-28(34)36-17-22-10-12-29-13-11-22)27(33)30-24(16-21-7-4-3-5-8-21)26(32)19-37-18-23-9-6-14-35-23/h3-14,20,24-25H,15-19H2,1-2H3,(H,30,33)(H,31,34)/t24-,25-/m0/s1. The first-order chi connectivity index (χ1) is 17.9. The number of aromatic nitrogens is 1. The van der Waals surface area contributed by atoms with Gasteiger partial charge in [-0.05, 0) is 54.2 Å². The number of furan rings is 1. The van der Waals surface area contributed by atoms with E-state index in [0.717, 1.165) is 16.9 Å². The molecular weight excluding hydrogens is 490 g/mol. The Balaban J connectivity index is 1.63. The monoisotopic (exact) mass is 523 g/mol. The van der Waals surface area contributed by atoms with E-state index in [1.54, 1.807) is 36.9 Å². The fourth-order valence-electron chi connectivity index (χ4n) is 3.63. The number of benzene rings is 1. The first-order valence-electron chi connectivity index (χ1n) is 12.2. The fraction of sp³-hybridized carbons (Fsp3) is 0.357. The number of amides is 2. The Kier molecular flexibility index (Phi) is 11.2. The first-order valence-corrected chi connectivity index (χ1v) is 13.4. The molecule has 37 heavy (non-hydrogen) atoms. The molecule has 8 nitrogen and oxygen atoms in total. The molecule has 0 fully saturated rings. The zero-order valence-corrected chi connectivity index (χ0v) is 21.9. The fourth-order valence-corrected chi connectivity index (χ4v) is 4.50. The van der Waals surface area contributed by atoms with Gasteiger partial charge in [0.1, 0.15) is 18.4 Å². The van der Waals surface area contributed by atoms with Crippen LogP contribution in [0.2, 0.25) is 0 Å². The van der Waals surface area contributed by atoms with Crippen molar-refractivity contribution in [3.05, 3.63) is 90.1 Å². The van der Waals surface area contributed by atoms with Crippen LogP contribution in [0.1, 0.15) is 37.2 Å². The maximum Gasteiger partial charge on any atom is 0.408 e. The molecule has 0 aliphatic heterocycles. The van der Waals surface area contributed by atoms with Gasteiger partial charge in [0.2, 0.25) is 5.91 Å². The van der Waals surface area contributed by atoms with Crippen LogP contribution in [-0.4, -0.2) is 40.6 Å². The van der Waals surface area contributed by atoms with E-state index in [1.807, 2.05) is 50.2 Å². The van der Waals surface area contributed by atoms with Gasteiger partial charge in [-0.25, -0.2) is 4.79 Å². The molecule has 196 valence electrons. The molecule has 0 spiro atoms. The van der Waals surface area contributed by atoms with Gasteiger partial charge in [0, 0.05) is 12.4 Å². The molecule has 3 rings (SSSR count). The number of carbonyl (C=O) groups excluding carboxylic acids is 3. The normalized spacial score (nSPS) is 12.5. The largest absolute Gasteiger partial charge is 0.468 e. The van der Waals surface area contributed by atoms with Gasteiger partial charge in [-0.1, -0.05) is 44.2 Å². The Hall–Kier alpha value is -3.59. The van der Waals surface area contributed by atoms with Gasteiger partial charge in [0.05, 0.1) is 23.8 Å². The molecular formula is C28H33N3O5S. The van der Waals surface area contributed by atoms with E-state index in [2.05, 4.69) is 15.6 Å². The van der Waals surface area contributed by atoms with Gasteiger partial charge < -0.3 is 19.8 Å².